The Bertz CT molecular complexity index is 1430. The van der Waals surface area contributed by atoms with E-state index in [0.717, 1.165) is 33.5 Å². The van der Waals surface area contributed by atoms with Crippen molar-refractivity contribution in [2.45, 2.75) is 0 Å². The van der Waals surface area contributed by atoms with E-state index in [1.165, 1.54) is 0 Å². The van der Waals surface area contributed by atoms with Gasteiger partial charge in [0.25, 0.3) is 5.91 Å². The van der Waals surface area contributed by atoms with Crippen LogP contribution in [-0.2, 0) is 0 Å². The van der Waals surface area contributed by atoms with E-state index in [1.807, 2.05) is 91.0 Å². The second-order valence-electron chi connectivity index (χ2n) is 7.54. The number of methoxy groups -OCH3 is 1. The summed E-state index contributed by atoms with van der Waals surface area (Å²) in [6, 6.07) is 28.8. The van der Waals surface area contributed by atoms with Gasteiger partial charge in [0.1, 0.15) is 5.75 Å². The highest BCUT2D eigenvalue weighted by atomic mass is 16.5. The number of hydrogen-bond donors (Lipinski definition) is 1. The molecule has 0 unspecified atom stereocenters. The molecule has 0 aliphatic carbocycles. The highest BCUT2D eigenvalue weighted by Crippen LogP contribution is 2.31. The van der Waals surface area contributed by atoms with Gasteiger partial charge >= 0.3 is 0 Å². The molecule has 0 saturated carbocycles. The predicted octanol–water partition coefficient (Wildman–Crippen LogP) is 6.22. The van der Waals surface area contributed by atoms with Gasteiger partial charge in [-0.25, -0.2) is 4.98 Å². The van der Waals surface area contributed by atoms with Crippen LogP contribution < -0.4 is 10.1 Å². The molecule has 0 aliphatic heterocycles. The van der Waals surface area contributed by atoms with Gasteiger partial charge in [0.2, 0.25) is 0 Å². The number of ether oxygens (including phenoxy) is 1. The minimum atomic E-state index is -0.203. The van der Waals surface area contributed by atoms with Crippen LogP contribution in [0.4, 0.5) is 5.69 Å². The summed E-state index contributed by atoms with van der Waals surface area (Å²) in [6.45, 7) is 0. The zero-order valence-corrected chi connectivity index (χ0v) is 18.0. The zero-order chi connectivity index (χ0) is 22.6. The topological polar surface area (TPSA) is 64.1 Å². The van der Waals surface area contributed by atoms with Gasteiger partial charge in [-0.2, -0.15) is 0 Å². The Kier molecular flexibility index (Phi) is 5.52. The standard InChI is InChI=1S/C28H21N3O2/c1-33-21-11-12-23-24(18-26(30-27(23)17-21)20-7-3-2-4-8-20)28(32)31-25-10-6-5-9-22(25)19-13-15-29-16-14-19/h2-18H,1H3,(H,31,32). The van der Waals surface area contributed by atoms with Crippen molar-refractivity contribution >= 4 is 22.5 Å². The first-order valence-electron chi connectivity index (χ1n) is 10.6. The summed E-state index contributed by atoms with van der Waals surface area (Å²) in [5, 5.41) is 3.87. The summed E-state index contributed by atoms with van der Waals surface area (Å²) in [4.78, 5) is 22.5. The third-order valence-electron chi connectivity index (χ3n) is 5.50. The molecule has 0 spiro atoms. The van der Waals surface area contributed by atoms with Crippen LogP contribution >= 0.6 is 0 Å². The van der Waals surface area contributed by atoms with Crippen LogP contribution in [0.3, 0.4) is 0 Å². The average molecular weight is 431 g/mol. The molecule has 0 fully saturated rings. The number of pyridine rings is 2. The third kappa shape index (κ3) is 4.16. The minimum Gasteiger partial charge on any atom is -0.497 e. The average Bonchev–Trinajstić information content (AvgIpc) is 2.89. The maximum atomic E-state index is 13.6. The van der Waals surface area contributed by atoms with E-state index in [2.05, 4.69) is 10.3 Å². The molecule has 5 rings (SSSR count). The molecule has 1 N–H and O–H groups in total. The molecule has 0 atom stereocenters. The van der Waals surface area contributed by atoms with Gasteiger partial charge in [0, 0.05) is 40.7 Å². The van der Waals surface area contributed by atoms with Crippen molar-refractivity contribution in [1.29, 1.82) is 0 Å². The Morgan fingerprint density at radius 2 is 1.58 bits per heavy atom. The lowest BCUT2D eigenvalue weighted by Crippen LogP contribution is -2.14. The summed E-state index contributed by atoms with van der Waals surface area (Å²) in [5.74, 6) is 0.487. The van der Waals surface area contributed by atoms with Crippen LogP contribution in [-0.4, -0.2) is 23.0 Å². The number of rotatable bonds is 5. The van der Waals surface area contributed by atoms with Crippen molar-refractivity contribution in [3.8, 4) is 28.1 Å². The molecule has 5 heteroatoms. The van der Waals surface area contributed by atoms with Gasteiger partial charge < -0.3 is 10.1 Å². The van der Waals surface area contributed by atoms with Crippen LogP contribution in [0.1, 0.15) is 10.4 Å². The Labute approximate surface area is 191 Å². The molecule has 33 heavy (non-hydrogen) atoms. The van der Waals surface area contributed by atoms with Gasteiger partial charge in [-0.05, 0) is 42.0 Å². The lowest BCUT2D eigenvalue weighted by molar-refractivity contribution is 0.102. The molecule has 0 bridgehead atoms. The number of nitrogens with one attached hydrogen (secondary N) is 1. The molecule has 0 aliphatic rings. The molecule has 5 aromatic rings. The number of carbonyl (C=O) groups excluding carboxylic acids is 1. The van der Waals surface area contributed by atoms with Crippen LogP contribution in [0.15, 0.2) is 103 Å². The number of aromatic nitrogens is 2. The lowest BCUT2D eigenvalue weighted by Gasteiger charge is -2.14. The predicted molar refractivity (Wildman–Crippen MR) is 131 cm³/mol. The van der Waals surface area contributed by atoms with E-state index in [9.17, 15) is 4.79 Å². The van der Waals surface area contributed by atoms with Gasteiger partial charge in [-0.15, -0.1) is 0 Å². The Morgan fingerprint density at radius 3 is 2.36 bits per heavy atom. The van der Waals surface area contributed by atoms with Crippen LogP contribution in [0, 0.1) is 0 Å². The maximum absolute atomic E-state index is 13.6. The minimum absolute atomic E-state index is 0.203. The summed E-state index contributed by atoms with van der Waals surface area (Å²) in [5.41, 5.74) is 5.55. The second kappa shape index (κ2) is 8.93. The molecular formula is C28H21N3O2. The van der Waals surface area contributed by atoms with E-state index in [1.54, 1.807) is 19.5 Å². The van der Waals surface area contributed by atoms with Crippen LogP contribution in [0.5, 0.6) is 5.75 Å². The zero-order valence-electron chi connectivity index (χ0n) is 18.0. The molecule has 2 heterocycles. The fraction of sp³-hybridized carbons (Fsp3) is 0.0357. The molecular weight excluding hydrogens is 410 g/mol. The number of nitrogens with zero attached hydrogens (tertiary/aromatic N) is 2. The lowest BCUT2D eigenvalue weighted by atomic mass is 10.0. The van der Waals surface area contributed by atoms with Crippen molar-refractivity contribution in [2.75, 3.05) is 12.4 Å². The summed E-state index contributed by atoms with van der Waals surface area (Å²) in [7, 11) is 1.62. The van der Waals surface area contributed by atoms with E-state index in [-0.39, 0.29) is 5.91 Å². The van der Waals surface area contributed by atoms with E-state index in [4.69, 9.17) is 9.72 Å². The maximum Gasteiger partial charge on any atom is 0.256 e. The van der Waals surface area contributed by atoms with Crippen molar-refractivity contribution in [3.05, 3.63) is 109 Å². The molecule has 0 radical (unpaired) electrons. The summed E-state index contributed by atoms with van der Waals surface area (Å²) < 4.78 is 5.38. The third-order valence-corrected chi connectivity index (χ3v) is 5.50. The first kappa shape index (κ1) is 20.4. The van der Waals surface area contributed by atoms with Crippen LogP contribution in [0.25, 0.3) is 33.3 Å². The molecule has 1 amide bonds. The molecule has 3 aromatic carbocycles. The normalized spacial score (nSPS) is 10.7. The first-order chi connectivity index (χ1) is 16.2. The highest BCUT2D eigenvalue weighted by Gasteiger charge is 2.16. The molecule has 160 valence electrons. The monoisotopic (exact) mass is 431 g/mol. The summed E-state index contributed by atoms with van der Waals surface area (Å²) >= 11 is 0. The Balaban J connectivity index is 1.61. The molecule has 5 nitrogen and oxygen atoms in total. The number of hydrogen-bond acceptors (Lipinski definition) is 4. The number of benzene rings is 3. The Morgan fingerprint density at radius 1 is 0.818 bits per heavy atom. The smallest absolute Gasteiger partial charge is 0.256 e. The number of fused-ring (bicyclic) bond motifs is 1. The highest BCUT2D eigenvalue weighted by molar-refractivity contribution is 6.14. The SMILES string of the molecule is COc1ccc2c(C(=O)Nc3ccccc3-c3ccncc3)cc(-c3ccccc3)nc2c1. The van der Waals surface area contributed by atoms with E-state index < -0.39 is 0 Å². The number of amides is 1. The number of carbonyl (C=O) groups is 1. The first-order valence-corrected chi connectivity index (χ1v) is 10.6. The van der Waals surface area contributed by atoms with Gasteiger partial charge in [-0.1, -0.05) is 48.5 Å². The van der Waals surface area contributed by atoms with Crippen LogP contribution in [0.2, 0.25) is 0 Å². The van der Waals surface area contributed by atoms with Gasteiger partial charge in [0.15, 0.2) is 0 Å². The molecule has 2 aromatic heterocycles. The van der Waals surface area contributed by atoms with Gasteiger partial charge in [-0.3, -0.25) is 9.78 Å². The van der Waals surface area contributed by atoms with Crippen molar-refractivity contribution in [2.24, 2.45) is 0 Å². The van der Waals surface area contributed by atoms with Crippen molar-refractivity contribution < 1.29 is 9.53 Å². The number of anilines is 1. The quantitative estimate of drug-likeness (QED) is 0.359. The fourth-order valence-electron chi connectivity index (χ4n) is 3.84. The van der Waals surface area contributed by atoms with Gasteiger partial charge in [0.05, 0.1) is 23.9 Å². The largest absolute Gasteiger partial charge is 0.497 e. The fourth-order valence-corrected chi connectivity index (χ4v) is 3.84. The van der Waals surface area contributed by atoms with E-state index in [0.29, 0.717) is 16.8 Å². The summed E-state index contributed by atoms with van der Waals surface area (Å²) in [6.07, 6.45) is 3.48. The second-order valence-corrected chi connectivity index (χ2v) is 7.54. The Hall–Kier alpha value is -4.51. The molecule has 0 saturated heterocycles. The van der Waals surface area contributed by atoms with E-state index >= 15 is 0 Å². The van der Waals surface area contributed by atoms with Crippen molar-refractivity contribution in [1.82, 2.24) is 9.97 Å². The van der Waals surface area contributed by atoms with Crippen molar-refractivity contribution in [3.63, 3.8) is 0 Å². The number of para-hydroxylation sites is 1.